The van der Waals surface area contributed by atoms with Gasteiger partial charge in [0.25, 0.3) is 0 Å². The lowest BCUT2D eigenvalue weighted by molar-refractivity contribution is 1.35. The minimum absolute atomic E-state index is 0.180. The molecule has 0 spiro atoms. The molecule has 1 nitrogen and oxygen atoms in total. The van der Waals surface area contributed by atoms with E-state index >= 15 is 0 Å². The number of aryl methyl sites for hydroxylation is 2. The number of nitrogens with zero attached hydrogens (tertiary/aromatic N) is 1. The van der Waals surface area contributed by atoms with Crippen molar-refractivity contribution in [2.45, 2.75) is 13.8 Å². The van der Waals surface area contributed by atoms with Crippen LogP contribution in [0.5, 0.6) is 0 Å². The van der Waals surface area contributed by atoms with E-state index in [1.807, 2.05) is 0 Å². The van der Waals surface area contributed by atoms with E-state index in [9.17, 15) is 0 Å². The maximum Gasteiger partial charge on any atom is 0.320 e. The normalized spacial score (nSPS) is 13.7. The van der Waals surface area contributed by atoms with Crippen molar-refractivity contribution in [2.75, 3.05) is 4.81 Å². The Kier molecular flexibility index (Phi) is 4.49. The summed E-state index contributed by atoms with van der Waals surface area (Å²) in [5.74, 6) is 2.29. The number of allylic oxidation sites excluding steroid dienone is 2. The smallest absolute Gasteiger partial charge is 0.320 e. The van der Waals surface area contributed by atoms with Crippen LogP contribution >= 0.6 is 0 Å². The molecule has 0 radical (unpaired) electrons. The molecular weight excluding hydrogens is 313 g/mol. The lowest BCUT2D eigenvalue weighted by Gasteiger charge is -2.35. The molecule has 0 unspecified atom stereocenters. The first-order valence-corrected chi connectivity index (χ1v) is 9.09. The van der Waals surface area contributed by atoms with Crippen LogP contribution in [0.4, 0.5) is 5.69 Å². The maximum absolute atomic E-state index is 2.44. The molecule has 3 aromatic rings. The molecular formula is C24H22BN. The Morgan fingerprint density at radius 3 is 2.15 bits per heavy atom. The topological polar surface area (TPSA) is 3.24 Å². The van der Waals surface area contributed by atoms with E-state index in [4.69, 9.17) is 0 Å². The Balaban J connectivity index is 1.87. The van der Waals surface area contributed by atoms with E-state index < -0.39 is 0 Å². The molecule has 26 heavy (non-hydrogen) atoms. The number of hydrogen-bond acceptors (Lipinski definition) is 1. The zero-order valence-electron chi connectivity index (χ0n) is 15.3. The molecule has 126 valence electrons. The van der Waals surface area contributed by atoms with Gasteiger partial charge in [-0.15, -0.1) is 0 Å². The molecule has 0 saturated carbocycles. The molecule has 0 fully saturated rings. The van der Waals surface area contributed by atoms with Crippen molar-refractivity contribution in [1.29, 1.82) is 0 Å². The lowest BCUT2D eigenvalue weighted by atomic mass is 9.51. The Hall–Kier alpha value is -3.00. The van der Waals surface area contributed by atoms with Crippen LogP contribution in [0.1, 0.15) is 16.7 Å². The molecule has 0 N–H and O–H groups in total. The Bertz CT molecular complexity index is 955. The minimum atomic E-state index is 0.180. The van der Waals surface area contributed by atoms with Gasteiger partial charge in [-0.1, -0.05) is 89.9 Å². The Morgan fingerprint density at radius 2 is 1.42 bits per heavy atom. The molecule has 4 rings (SSSR count). The summed E-state index contributed by atoms with van der Waals surface area (Å²) < 4.78 is 0. The Morgan fingerprint density at radius 1 is 0.731 bits per heavy atom. The summed E-state index contributed by atoms with van der Waals surface area (Å²) >= 11 is 0. The van der Waals surface area contributed by atoms with Crippen LogP contribution in [-0.2, 0) is 0 Å². The molecule has 2 heteroatoms. The monoisotopic (exact) mass is 335 g/mol. The van der Waals surface area contributed by atoms with Crippen LogP contribution in [0.15, 0.2) is 97.0 Å². The van der Waals surface area contributed by atoms with Crippen LogP contribution in [0, 0.1) is 13.8 Å². The van der Waals surface area contributed by atoms with E-state index in [-0.39, 0.29) is 6.85 Å². The van der Waals surface area contributed by atoms with Gasteiger partial charge in [0.15, 0.2) is 0 Å². The van der Waals surface area contributed by atoms with Crippen molar-refractivity contribution >= 4 is 23.7 Å². The fourth-order valence-corrected chi connectivity index (χ4v) is 3.58. The number of benzene rings is 3. The molecule has 3 aromatic carbocycles. The number of anilines is 1. The van der Waals surface area contributed by atoms with Gasteiger partial charge in [-0.05, 0) is 43.1 Å². The van der Waals surface area contributed by atoms with Crippen molar-refractivity contribution in [2.24, 2.45) is 0 Å². The molecule has 1 heterocycles. The first-order chi connectivity index (χ1) is 12.7. The molecule has 0 amide bonds. The van der Waals surface area contributed by atoms with Gasteiger partial charge >= 0.3 is 6.85 Å². The van der Waals surface area contributed by atoms with Gasteiger partial charge < -0.3 is 4.81 Å². The van der Waals surface area contributed by atoms with Crippen LogP contribution in [-0.4, -0.2) is 6.85 Å². The summed E-state index contributed by atoms with van der Waals surface area (Å²) in [5, 5.41) is 0. The van der Waals surface area contributed by atoms with Gasteiger partial charge in [0.2, 0.25) is 0 Å². The Labute approximate surface area is 156 Å². The third-order valence-electron chi connectivity index (χ3n) is 4.97. The lowest BCUT2D eigenvalue weighted by Crippen LogP contribution is -2.48. The summed E-state index contributed by atoms with van der Waals surface area (Å²) in [4.78, 5) is 2.44. The quantitative estimate of drug-likeness (QED) is 0.598. The predicted octanol–water partition coefficient (Wildman–Crippen LogP) is 5.16. The van der Waals surface area contributed by atoms with Gasteiger partial charge in [-0.2, -0.15) is 0 Å². The average Bonchev–Trinajstić information content (AvgIpc) is 2.69. The maximum atomic E-state index is 2.44. The number of rotatable bonds is 3. The molecule has 0 aliphatic carbocycles. The highest BCUT2D eigenvalue weighted by Gasteiger charge is 2.29. The second kappa shape index (κ2) is 7.09. The van der Waals surface area contributed by atoms with Gasteiger partial charge in [0.05, 0.1) is 0 Å². The molecule has 0 atom stereocenters. The predicted molar refractivity (Wildman–Crippen MR) is 114 cm³/mol. The molecule has 0 bridgehead atoms. The zero-order chi connectivity index (χ0) is 17.9. The van der Waals surface area contributed by atoms with Crippen molar-refractivity contribution in [3.05, 3.63) is 114 Å². The fraction of sp³-hybridized carbons (Fsp3) is 0.0833. The van der Waals surface area contributed by atoms with Gasteiger partial charge in [-0.3, -0.25) is 0 Å². The van der Waals surface area contributed by atoms with E-state index in [0.29, 0.717) is 0 Å². The van der Waals surface area contributed by atoms with Gasteiger partial charge in [0, 0.05) is 11.4 Å². The number of hydrogen-bond donors (Lipinski definition) is 0. The van der Waals surface area contributed by atoms with Gasteiger partial charge in [0.1, 0.15) is 0 Å². The summed E-state index contributed by atoms with van der Waals surface area (Å²) in [6, 6.07) is 28.1. The van der Waals surface area contributed by atoms with Crippen molar-refractivity contribution in [3.63, 3.8) is 0 Å². The zero-order valence-corrected chi connectivity index (χ0v) is 15.3. The largest absolute Gasteiger partial charge is 0.377 e. The highest BCUT2D eigenvalue weighted by atomic mass is 15.1. The van der Waals surface area contributed by atoms with Crippen LogP contribution in [0.25, 0.3) is 5.70 Å². The second-order valence-corrected chi connectivity index (χ2v) is 6.81. The average molecular weight is 335 g/mol. The minimum Gasteiger partial charge on any atom is -0.377 e. The molecule has 0 saturated heterocycles. The van der Waals surface area contributed by atoms with Crippen molar-refractivity contribution < 1.29 is 0 Å². The van der Waals surface area contributed by atoms with Crippen molar-refractivity contribution in [1.82, 2.24) is 0 Å². The first-order valence-electron chi connectivity index (χ1n) is 9.09. The summed E-state index contributed by atoms with van der Waals surface area (Å²) in [5.41, 5.74) is 7.60. The standard InChI is InChI=1S/C24H22BN/c1-19-14-16-22(17-15-19)26-24(21-10-4-3-5-11-21)13-8-18-25(26)23-12-7-6-9-20(23)2/h3-18H,1-2H3. The van der Waals surface area contributed by atoms with Crippen LogP contribution in [0.3, 0.4) is 0 Å². The SMILES string of the molecule is Cc1ccc(N2B(c3ccccc3C)C=CC=C2c2ccccc2)cc1. The summed E-state index contributed by atoms with van der Waals surface area (Å²) in [6.07, 6.45) is 4.40. The van der Waals surface area contributed by atoms with E-state index in [2.05, 4.69) is 116 Å². The summed E-state index contributed by atoms with van der Waals surface area (Å²) in [6.45, 7) is 4.50. The fourth-order valence-electron chi connectivity index (χ4n) is 3.58. The highest BCUT2D eigenvalue weighted by Crippen LogP contribution is 2.30. The molecule has 1 aliphatic heterocycles. The van der Waals surface area contributed by atoms with Crippen LogP contribution < -0.4 is 10.3 Å². The van der Waals surface area contributed by atoms with Gasteiger partial charge in [-0.25, -0.2) is 0 Å². The van der Waals surface area contributed by atoms with Crippen LogP contribution in [0.2, 0.25) is 0 Å². The molecule has 1 aliphatic rings. The van der Waals surface area contributed by atoms with E-state index in [1.54, 1.807) is 0 Å². The van der Waals surface area contributed by atoms with E-state index in [1.165, 1.54) is 33.5 Å². The van der Waals surface area contributed by atoms with E-state index in [0.717, 1.165) is 0 Å². The van der Waals surface area contributed by atoms with Crippen molar-refractivity contribution in [3.8, 4) is 0 Å². The highest BCUT2D eigenvalue weighted by molar-refractivity contribution is 6.83. The third-order valence-corrected chi connectivity index (χ3v) is 4.97. The third kappa shape index (κ3) is 3.11. The molecule has 0 aromatic heterocycles. The second-order valence-electron chi connectivity index (χ2n) is 6.81. The first kappa shape index (κ1) is 16.5. The summed E-state index contributed by atoms with van der Waals surface area (Å²) in [7, 11) is 0.